The van der Waals surface area contributed by atoms with Crippen molar-refractivity contribution in [2.75, 3.05) is 12.4 Å². The average Bonchev–Trinajstić information content (AvgIpc) is 3.56. The van der Waals surface area contributed by atoms with Crippen molar-refractivity contribution in [3.8, 4) is 17.2 Å². The Morgan fingerprint density at radius 1 is 1.26 bits per heavy atom. The van der Waals surface area contributed by atoms with E-state index in [1.807, 2.05) is 0 Å². The van der Waals surface area contributed by atoms with Gasteiger partial charge in [0, 0.05) is 18.1 Å². The van der Waals surface area contributed by atoms with Crippen molar-refractivity contribution >= 4 is 28.9 Å². The van der Waals surface area contributed by atoms with Crippen LogP contribution >= 0.6 is 11.6 Å². The summed E-state index contributed by atoms with van der Waals surface area (Å²) in [6, 6.07) is 10.2. The fourth-order valence-corrected chi connectivity index (χ4v) is 3.88. The zero-order valence-corrected chi connectivity index (χ0v) is 18.9. The molecule has 0 saturated heterocycles. The third-order valence-electron chi connectivity index (χ3n) is 5.14. The van der Waals surface area contributed by atoms with E-state index in [1.54, 1.807) is 24.3 Å². The summed E-state index contributed by atoms with van der Waals surface area (Å²) in [5.41, 5.74) is -1.46. The van der Waals surface area contributed by atoms with Crippen LogP contribution < -0.4 is 14.8 Å². The number of anilines is 1. The van der Waals surface area contributed by atoms with Gasteiger partial charge in [-0.05, 0) is 25.0 Å². The molecule has 0 aliphatic heterocycles. The predicted molar refractivity (Wildman–Crippen MR) is 119 cm³/mol. The number of amides is 1. The number of carbonyl (C=O) groups is 1. The Balaban J connectivity index is 1.58. The molecule has 0 bridgehead atoms. The topological polar surface area (TPSA) is 109 Å². The number of nitro benzene ring substituents is 1. The monoisotopic (exact) mass is 510 g/mol. The van der Waals surface area contributed by atoms with Crippen LogP contribution in [-0.2, 0) is 17.5 Å². The normalized spacial score (nSPS) is 13.4. The first-order valence-corrected chi connectivity index (χ1v) is 10.7. The molecule has 1 fully saturated rings. The van der Waals surface area contributed by atoms with E-state index in [2.05, 4.69) is 10.4 Å². The first-order chi connectivity index (χ1) is 16.6. The number of hydrogen-bond donors (Lipinski definition) is 1. The molecule has 1 heterocycles. The van der Waals surface area contributed by atoms with Gasteiger partial charge in [0.2, 0.25) is 5.91 Å². The molecule has 3 aromatic rings. The van der Waals surface area contributed by atoms with Crippen LogP contribution in [0.2, 0.25) is 5.02 Å². The highest BCUT2D eigenvalue weighted by Gasteiger charge is 2.42. The second kappa shape index (κ2) is 9.45. The van der Waals surface area contributed by atoms with Crippen molar-refractivity contribution in [3.63, 3.8) is 0 Å². The standard InChI is InChI=1S/C22H18ClF3N4O5/c1-34-16-4-2-3-5-17(16)35-15-9-13(8-14(10-15)30(32)33)27-18(31)11-29-20(12-6-7-12)19(23)21(28-29)22(24,25)26/h2-5,8-10,12H,6-7,11H2,1H3,(H,27,31). The van der Waals surface area contributed by atoms with Crippen LogP contribution in [0.5, 0.6) is 17.2 Å². The Bertz CT molecular complexity index is 1290. The molecule has 4 rings (SSSR count). The maximum absolute atomic E-state index is 13.3. The number of halogens is 4. The summed E-state index contributed by atoms with van der Waals surface area (Å²) in [5, 5.41) is 16.8. The van der Waals surface area contributed by atoms with E-state index in [0.717, 1.165) is 16.8 Å². The number of rotatable bonds is 8. The molecule has 0 spiro atoms. The molecule has 35 heavy (non-hydrogen) atoms. The van der Waals surface area contributed by atoms with Gasteiger partial charge in [-0.2, -0.15) is 18.3 Å². The highest BCUT2D eigenvalue weighted by Crippen LogP contribution is 2.47. The van der Waals surface area contributed by atoms with E-state index in [-0.39, 0.29) is 34.5 Å². The van der Waals surface area contributed by atoms with Crippen molar-refractivity contribution in [2.24, 2.45) is 0 Å². The quantitative estimate of drug-likeness (QED) is 0.304. The van der Waals surface area contributed by atoms with Crippen molar-refractivity contribution in [1.82, 2.24) is 9.78 Å². The SMILES string of the molecule is COc1ccccc1Oc1cc(NC(=O)Cn2nc(C(F)(F)F)c(Cl)c2C2CC2)cc([N+](=O)[O-])c1. The number of carbonyl (C=O) groups excluding carboxylic acids is 1. The van der Waals surface area contributed by atoms with Crippen LogP contribution in [-0.4, -0.2) is 27.7 Å². The Morgan fingerprint density at radius 2 is 1.94 bits per heavy atom. The van der Waals surface area contributed by atoms with Crippen LogP contribution in [0.1, 0.15) is 30.1 Å². The van der Waals surface area contributed by atoms with Crippen LogP contribution in [0.3, 0.4) is 0 Å². The van der Waals surface area contributed by atoms with Crippen LogP contribution in [0.25, 0.3) is 0 Å². The molecule has 1 aliphatic rings. The molecule has 13 heteroatoms. The second-order valence-electron chi connectivity index (χ2n) is 7.75. The van der Waals surface area contributed by atoms with Crippen LogP contribution in [0, 0.1) is 10.1 Å². The third kappa shape index (κ3) is 5.48. The number of aromatic nitrogens is 2. The van der Waals surface area contributed by atoms with E-state index < -0.39 is 34.3 Å². The largest absolute Gasteiger partial charge is 0.493 e. The smallest absolute Gasteiger partial charge is 0.436 e. The Labute approximate surface area is 201 Å². The maximum Gasteiger partial charge on any atom is 0.436 e. The third-order valence-corrected chi connectivity index (χ3v) is 5.51. The number of non-ortho nitro benzene ring substituents is 1. The molecule has 0 unspecified atom stereocenters. The number of nitro groups is 1. The van der Waals surface area contributed by atoms with Crippen LogP contribution in [0.4, 0.5) is 24.5 Å². The van der Waals surface area contributed by atoms with Gasteiger partial charge in [-0.15, -0.1) is 0 Å². The van der Waals surface area contributed by atoms with Gasteiger partial charge in [0.05, 0.1) is 34.5 Å². The number of ether oxygens (including phenoxy) is 2. The van der Waals surface area contributed by atoms with Gasteiger partial charge in [0.15, 0.2) is 17.2 Å². The summed E-state index contributed by atoms with van der Waals surface area (Å²) in [4.78, 5) is 23.4. The van der Waals surface area contributed by atoms with E-state index in [1.165, 1.54) is 13.2 Å². The van der Waals surface area contributed by atoms with Gasteiger partial charge in [-0.1, -0.05) is 23.7 Å². The fourth-order valence-electron chi connectivity index (χ4n) is 3.49. The maximum atomic E-state index is 13.3. The van der Waals surface area contributed by atoms with Gasteiger partial charge in [-0.25, -0.2) is 0 Å². The predicted octanol–water partition coefficient (Wildman–Crippen LogP) is 5.78. The minimum Gasteiger partial charge on any atom is -0.493 e. The highest BCUT2D eigenvalue weighted by atomic mass is 35.5. The average molecular weight is 511 g/mol. The van der Waals surface area contributed by atoms with Gasteiger partial charge in [0.1, 0.15) is 12.3 Å². The number of methoxy groups -OCH3 is 1. The van der Waals surface area contributed by atoms with Crippen LogP contribution in [0.15, 0.2) is 42.5 Å². The zero-order chi connectivity index (χ0) is 25.3. The number of nitrogens with one attached hydrogen (secondary N) is 1. The lowest BCUT2D eigenvalue weighted by atomic mass is 10.2. The van der Waals surface area contributed by atoms with Gasteiger partial charge in [0.25, 0.3) is 5.69 Å². The molecule has 184 valence electrons. The van der Waals surface area contributed by atoms with Crippen molar-refractivity contribution < 1.29 is 32.4 Å². The molecular weight excluding hydrogens is 493 g/mol. The Hall–Kier alpha value is -3.80. The Kier molecular flexibility index (Phi) is 6.57. The fraction of sp³-hybridized carbons (Fsp3) is 0.273. The Morgan fingerprint density at radius 3 is 2.54 bits per heavy atom. The number of para-hydroxylation sites is 2. The molecule has 0 atom stereocenters. The molecule has 1 aromatic heterocycles. The number of nitrogens with zero attached hydrogens (tertiary/aromatic N) is 3. The van der Waals surface area contributed by atoms with Gasteiger partial charge in [-0.3, -0.25) is 19.6 Å². The molecule has 1 aliphatic carbocycles. The lowest BCUT2D eigenvalue weighted by Crippen LogP contribution is -2.21. The summed E-state index contributed by atoms with van der Waals surface area (Å²) in [6.07, 6.45) is -3.50. The molecular formula is C22H18ClF3N4O5. The summed E-state index contributed by atoms with van der Waals surface area (Å²) in [7, 11) is 1.43. The second-order valence-corrected chi connectivity index (χ2v) is 8.13. The lowest BCUT2D eigenvalue weighted by molar-refractivity contribution is -0.384. The molecule has 1 amide bonds. The van der Waals surface area contributed by atoms with Gasteiger partial charge < -0.3 is 14.8 Å². The summed E-state index contributed by atoms with van der Waals surface area (Å²) in [5.74, 6) is -0.249. The van der Waals surface area contributed by atoms with Crippen molar-refractivity contribution in [2.45, 2.75) is 31.5 Å². The number of alkyl halides is 3. The van der Waals surface area contributed by atoms with E-state index in [4.69, 9.17) is 21.1 Å². The first-order valence-electron chi connectivity index (χ1n) is 10.3. The zero-order valence-electron chi connectivity index (χ0n) is 18.1. The molecule has 1 N–H and O–H groups in total. The van der Waals surface area contributed by atoms with E-state index >= 15 is 0 Å². The van der Waals surface area contributed by atoms with Crippen molar-refractivity contribution in [3.05, 3.63) is 69.0 Å². The molecule has 0 radical (unpaired) electrons. The summed E-state index contributed by atoms with van der Waals surface area (Å²) in [6.45, 7) is -0.562. The minimum atomic E-state index is -4.77. The molecule has 2 aromatic carbocycles. The first kappa shape index (κ1) is 24.3. The number of benzene rings is 2. The minimum absolute atomic E-state index is 0.0105. The van der Waals surface area contributed by atoms with Crippen molar-refractivity contribution in [1.29, 1.82) is 0 Å². The molecule has 1 saturated carbocycles. The summed E-state index contributed by atoms with van der Waals surface area (Å²) < 4.78 is 51.6. The summed E-state index contributed by atoms with van der Waals surface area (Å²) >= 11 is 5.93. The van der Waals surface area contributed by atoms with E-state index in [9.17, 15) is 28.1 Å². The van der Waals surface area contributed by atoms with Gasteiger partial charge >= 0.3 is 6.18 Å². The highest BCUT2D eigenvalue weighted by molar-refractivity contribution is 6.32. The van der Waals surface area contributed by atoms with E-state index in [0.29, 0.717) is 18.6 Å². The number of hydrogen-bond acceptors (Lipinski definition) is 6. The molecule has 9 nitrogen and oxygen atoms in total. The lowest BCUT2D eigenvalue weighted by Gasteiger charge is -2.12.